The average Bonchev–Trinajstić information content (AvgIpc) is 2.36. The fourth-order valence-electron chi connectivity index (χ4n) is 2.09. The van der Waals surface area contributed by atoms with Gasteiger partial charge in [0.05, 0.1) is 0 Å². The summed E-state index contributed by atoms with van der Waals surface area (Å²) in [4.78, 5) is 24.1. The quantitative estimate of drug-likeness (QED) is 0.778. The Morgan fingerprint density at radius 1 is 1.35 bits per heavy atom. The maximum Gasteiger partial charge on any atom is 0.326 e. The Labute approximate surface area is 99.2 Å². The van der Waals surface area contributed by atoms with Gasteiger partial charge in [0.2, 0.25) is 5.91 Å². The number of carboxylic acid groups (broad SMARTS) is 1. The van der Waals surface area contributed by atoms with E-state index in [1.165, 1.54) is 4.90 Å². The third kappa shape index (κ3) is 2.06. The van der Waals surface area contributed by atoms with E-state index in [0.29, 0.717) is 13.0 Å². The number of aliphatic carboxylic acids is 1. The first-order chi connectivity index (χ1) is 8.13. The topological polar surface area (TPSA) is 57.6 Å². The maximum atomic E-state index is 11.6. The molecule has 1 N–H and O–H groups in total. The molecule has 0 saturated heterocycles. The van der Waals surface area contributed by atoms with Gasteiger partial charge in [-0.15, -0.1) is 0 Å². The average molecular weight is 231 g/mol. The smallest absolute Gasteiger partial charge is 0.326 e. The van der Waals surface area contributed by atoms with Gasteiger partial charge in [-0.05, 0) is 17.2 Å². The summed E-state index contributed by atoms with van der Waals surface area (Å²) in [5.74, 6) is -1.32. The van der Waals surface area contributed by atoms with E-state index in [1.54, 1.807) is 0 Å². The van der Waals surface area contributed by atoms with Crippen LogP contribution in [0.4, 0.5) is 0 Å². The summed E-state index contributed by atoms with van der Waals surface area (Å²) in [6.45, 7) is 3.73. The number of carbonyl (C=O) groups excluding carboxylic acids is 1. The molecule has 0 fully saturated rings. The zero-order valence-corrected chi connectivity index (χ0v) is 9.30. The summed E-state index contributed by atoms with van der Waals surface area (Å²) in [6.07, 6.45) is 1.51. The number of hydrogen-bond acceptors (Lipinski definition) is 2. The van der Waals surface area contributed by atoms with E-state index >= 15 is 0 Å². The molecule has 1 aromatic carbocycles. The molecular weight excluding hydrogens is 218 g/mol. The van der Waals surface area contributed by atoms with Gasteiger partial charge < -0.3 is 10.0 Å². The zero-order valence-electron chi connectivity index (χ0n) is 9.30. The van der Waals surface area contributed by atoms with Crippen LogP contribution < -0.4 is 0 Å². The molecule has 1 aromatic rings. The summed E-state index contributed by atoms with van der Waals surface area (Å²) < 4.78 is 0. The first kappa shape index (κ1) is 11.4. The van der Waals surface area contributed by atoms with Crippen molar-refractivity contribution in [2.24, 2.45) is 0 Å². The van der Waals surface area contributed by atoms with Crippen molar-refractivity contribution in [3.05, 3.63) is 48.0 Å². The SMILES string of the molecule is C=CC(=O)N1Cc2ccccc2CC1C(=O)O. The normalized spacial score (nSPS) is 18.4. The monoisotopic (exact) mass is 231 g/mol. The van der Waals surface area contributed by atoms with Gasteiger partial charge in [-0.3, -0.25) is 4.79 Å². The van der Waals surface area contributed by atoms with Crippen molar-refractivity contribution < 1.29 is 14.7 Å². The van der Waals surface area contributed by atoms with E-state index in [1.807, 2.05) is 24.3 Å². The van der Waals surface area contributed by atoms with Gasteiger partial charge in [0.15, 0.2) is 0 Å². The minimum atomic E-state index is -0.977. The van der Waals surface area contributed by atoms with Crippen molar-refractivity contribution >= 4 is 11.9 Å². The predicted molar refractivity (Wildman–Crippen MR) is 62.3 cm³/mol. The number of rotatable bonds is 2. The Balaban J connectivity index is 2.37. The third-order valence-electron chi connectivity index (χ3n) is 2.99. The Kier molecular flexibility index (Phi) is 2.95. The summed E-state index contributed by atoms with van der Waals surface area (Å²) in [6, 6.07) is 6.78. The fourth-order valence-corrected chi connectivity index (χ4v) is 2.09. The summed E-state index contributed by atoms with van der Waals surface area (Å²) in [7, 11) is 0. The lowest BCUT2D eigenvalue weighted by Crippen LogP contribution is -2.48. The zero-order chi connectivity index (χ0) is 12.4. The number of carboxylic acids is 1. The van der Waals surface area contributed by atoms with Crippen molar-refractivity contribution in [3.63, 3.8) is 0 Å². The minimum absolute atomic E-state index is 0.331. The molecule has 1 atom stereocenters. The van der Waals surface area contributed by atoms with Crippen LogP contribution in [0, 0.1) is 0 Å². The summed E-state index contributed by atoms with van der Waals surface area (Å²) >= 11 is 0. The van der Waals surface area contributed by atoms with Crippen LogP contribution in [0.5, 0.6) is 0 Å². The Morgan fingerprint density at radius 3 is 2.59 bits per heavy atom. The highest BCUT2D eigenvalue weighted by atomic mass is 16.4. The number of amides is 1. The highest BCUT2D eigenvalue weighted by molar-refractivity contribution is 5.91. The molecule has 1 aliphatic heterocycles. The maximum absolute atomic E-state index is 11.6. The second kappa shape index (κ2) is 4.41. The van der Waals surface area contributed by atoms with Crippen LogP contribution in [0.15, 0.2) is 36.9 Å². The summed E-state index contributed by atoms with van der Waals surface area (Å²) in [5.41, 5.74) is 1.99. The number of hydrogen-bond donors (Lipinski definition) is 1. The molecular formula is C13H13NO3. The fraction of sp³-hybridized carbons (Fsp3) is 0.231. The second-order valence-corrected chi connectivity index (χ2v) is 4.00. The molecule has 0 aliphatic carbocycles. The van der Waals surface area contributed by atoms with Gasteiger partial charge in [-0.1, -0.05) is 30.8 Å². The number of nitrogens with zero attached hydrogens (tertiary/aromatic N) is 1. The molecule has 0 bridgehead atoms. The molecule has 1 aliphatic rings. The predicted octanol–water partition coefficient (Wildman–Crippen LogP) is 1.21. The van der Waals surface area contributed by atoms with Crippen LogP contribution in [0.25, 0.3) is 0 Å². The highest BCUT2D eigenvalue weighted by Crippen LogP contribution is 2.23. The van der Waals surface area contributed by atoms with Gasteiger partial charge in [0.1, 0.15) is 6.04 Å². The molecule has 0 spiro atoms. The lowest BCUT2D eigenvalue weighted by atomic mass is 9.94. The number of carbonyl (C=O) groups is 2. The van der Waals surface area contributed by atoms with E-state index in [-0.39, 0.29) is 5.91 Å². The van der Waals surface area contributed by atoms with E-state index in [4.69, 9.17) is 5.11 Å². The van der Waals surface area contributed by atoms with Crippen LogP contribution >= 0.6 is 0 Å². The van der Waals surface area contributed by atoms with Crippen molar-refractivity contribution in [2.75, 3.05) is 0 Å². The van der Waals surface area contributed by atoms with Gasteiger partial charge in [0, 0.05) is 13.0 Å². The Hall–Kier alpha value is -2.10. The van der Waals surface area contributed by atoms with E-state index in [0.717, 1.165) is 17.2 Å². The largest absolute Gasteiger partial charge is 0.480 e. The number of benzene rings is 1. The first-order valence-corrected chi connectivity index (χ1v) is 5.36. The van der Waals surface area contributed by atoms with Crippen molar-refractivity contribution in [2.45, 2.75) is 19.0 Å². The molecule has 4 nitrogen and oxygen atoms in total. The van der Waals surface area contributed by atoms with Crippen LogP contribution in [0.2, 0.25) is 0 Å². The molecule has 4 heteroatoms. The highest BCUT2D eigenvalue weighted by Gasteiger charge is 2.33. The van der Waals surface area contributed by atoms with Crippen molar-refractivity contribution in [1.82, 2.24) is 4.90 Å². The lowest BCUT2D eigenvalue weighted by Gasteiger charge is -2.33. The van der Waals surface area contributed by atoms with Crippen molar-refractivity contribution in [3.8, 4) is 0 Å². The third-order valence-corrected chi connectivity index (χ3v) is 2.99. The lowest BCUT2D eigenvalue weighted by molar-refractivity contribution is -0.149. The van der Waals surface area contributed by atoms with Crippen LogP contribution in [0.3, 0.4) is 0 Å². The van der Waals surface area contributed by atoms with E-state index in [2.05, 4.69) is 6.58 Å². The molecule has 0 radical (unpaired) electrons. The molecule has 17 heavy (non-hydrogen) atoms. The second-order valence-electron chi connectivity index (χ2n) is 4.00. The van der Waals surface area contributed by atoms with Gasteiger partial charge in [-0.2, -0.15) is 0 Å². The first-order valence-electron chi connectivity index (χ1n) is 5.36. The van der Waals surface area contributed by atoms with Crippen molar-refractivity contribution in [1.29, 1.82) is 0 Å². The van der Waals surface area contributed by atoms with Gasteiger partial charge >= 0.3 is 5.97 Å². The van der Waals surface area contributed by atoms with Crippen LogP contribution in [-0.4, -0.2) is 27.9 Å². The molecule has 1 amide bonds. The summed E-state index contributed by atoms with van der Waals surface area (Å²) in [5, 5.41) is 9.15. The molecule has 0 saturated carbocycles. The van der Waals surface area contributed by atoms with Crippen LogP contribution in [0.1, 0.15) is 11.1 Å². The minimum Gasteiger partial charge on any atom is -0.480 e. The molecule has 1 heterocycles. The van der Waals surface area contributed by atoms with E-state index in [9.17, 15) is 9.59 Å². The molecule has 0 aromatic heterocycles. The van der Waals surface area contributed by atoms with Gasteiger partial charge in [0.25, 0.3) is 0 Å². The van der Waals surface area contributed by atoms with Crippen LogP contribution in [-0.2, 0) is 22.6 Å². The molecule has 88 valence electrons. The molecule has 2 rings (SSSR count). The standard InChI is InChI=1S/C13H13NO3/c1-2-12(15)14-8-10-6-4-3-5-9(10)7-11(14)13(16)17/h2-6,11H,1,7-8H2,(H,16,17). The Morgan fingerprint density at radius 2 is 2.00 bits per heavy atom. The van der Waals surface area contributed by atoms with Gasteiger partial charge in [-0.25, -0.2) is 4.79 Å². The molecule has 1 unspecified atom stereocenters. The van der Waals surface area contributed by atoms with E-state index < -0.39 is 12.0 Å². The number of fused-ring (bicyclic) bond motifs is 1. The Bertz CT molecular complexity index is 481.